The van der Waals surface area contributed by atoms with Crippen molar-refractivity contribution in [3.63, 3.8) is 0 Å². The van der Waals surface area contributed by atoms with Gasteiger partial charge in [0.15, 0.2) is 15.9 Å². The number of carbonyl (C=O) groups excluding carboxylic acids is 2. The molecule has 3 aromatic heterocycles. The van der Waals surface area contributed by atoms with Crippen LogP contribution >= 0.6 is 45.9 Å². The monoisotopic (exact) mass is 525 g/mol. The average molecular weight is 526 g/mol. The van der Waals surface area contributed by atoms with Gasteiger partial charge in [0.25, 0.3) is 5.91 Å². The van der Waals surface area contributed by atoms with E-state index in [1.54, 1.807) is 12.3 Å². The molecule has 4 heterocycles. The second kappa shape index (κ2) is 8.39. The summed E-state index contributed by atoms with van der Waals surface area (Å²) in [6.45, 7) is 3.02. The van der Waals surface area contributed by atoms with Crippen LogP contribution in [0.3, 0.4) is 0 Å². The Morgan fingerprint density at radius 3 is 2.58 bits per heavy atom. The summed E-state index contributed by atoms with van der Waals surface area (Å²) in [6.07, 6.45) is 1.43. The molecule has 9 nitrogen and oxygen atoms in total. The summed E-state index contributed by atoms with van der Waals surface area (Å²) in [5.74, 6) is -1.19. The molecule has 1 amide bonds. The van der Waals surface area contributed by atoms with Gasteiger partial charge in [-0.05, 0) is 6.92 Å². The van der Waals surface area contributed by atoms with E-state index < -0.39 is 5.97 Å². The Morgan fingerprint density at radius 2 is 2.00 bits per heavy atom. The smallest absolute Gasteiger partial charge is 0.347 e. The molecule has 33 heavy (non-hydrogen) atoms. The summed E-state index contributed by atoms with van der Waals surface area (Å²) in [5.41, 5.74) is 1.14. The molecule has 2 aliphatic rings. The molecule has 0 radical (unpaired) electrons. The average Bonchev–Trinajstić information content (AvgIpc) is 3.36. The number of Topliss-reactive ketones (excluding diaryl/α,β-unsaturated/α-hetero) is 1. The normalized spacial score (nSPS) is 21.2. The number of nitrogens with zero attached hydrogens (tertiary/aromatic N) is 3. The number of aromatic carboxylic acids is 1. The van der Waals surface area contributed by atoms with Crippen molar-refractivity contribution in [3.8, 4) is 0 Å². The molecule has 0 spiro atoms. The summed E-state index contributed by atoms with van der Waals surface area (Å²) in [7, 11) is 0. The van der Waals surface area contributed by atoms with E-state index in [0.29, 0.717) is 33.9 Å². The van der Waals surface area contributed by atoms with Crippen LogP contribution in [-0.2, 0) is 6.42 Å². The Morgan fingerprint density at radius 1 is 1.27 bits per heavy atom. The lowest BCUT2D eigenvalue weighted by molar-refractivity contribution is 0.0700. The third kappa shape index (κ3) is 4.03. The number of amides is 1. The fraction of sp³-hybridized carbons (Fsp3) is 0.350. The molecule has 1 saturated carbocycles. The van der Waals surface area contributed by atoms with Crippen LogP contribution in [0.15, 0.2) is 11.6 Å². The lowest BCUT2D eigenvalue weighted by Gasteiger charge is -2.19. The minimum Gasteiger partial charge on any atom is -0.477 e. The van der Waals surface area contributed by atoms with Gasteiger partial charge in [-0.25, -0.2) is 14.8 Å². The van der Waals surface area contributed by atoms with Gasteiger partial charge in [-0.2, -0.15) is 0 Å². The highest BCUT2D eigenvalue weighted by molar-refractivity contribution is 7.17. The van der Waals surface area contributed by atoms with Crippen molar-refractivity contribution in [1.82, 2.24) is 20.3 Å². The summed E-state index contributed by atoms with van der Waals surface area (Å²) < 4.78 is 0. The van der Waals surface area contributed by atoms with E-state index in [9.17, 15) is 19.5 Å². The number of piperidine rings is 1. The Labute approximate surface area is 205 Å². The largest absolute Gasteiger partial charge is 0.477 e. The number of carboxylic acid groups (broad SMARTS) is 1. The number of hydrogen-bond acceptors (Lipinski definition) is 8. The van der Waals surface area contributed by atoms with E-state index in [0.717, 1.165) is 11.3 Å². The number of rotatable bonds is 7. The van der Waals surface area contributed by atoms with Gasteiger partial charge in [-0.15, -0.1) is 11.3 Å². The van der Waals surface area contributed by atoms with Crippen LogP contribution in [0.25, 0.3) is 0 Å². The number of aryl methyl sites for hydroxylation is 1. The first-order chi connectivity index (χ1) is 15.7. The fourth-order valence-electron chi connectivity index (χ4n) is 4.20. The first-order valence-corrected chi connectivity index (χ1v) is 12.4. The van der Waals surface area contributed by atoms with Crippen LogP contribution in [-0.4, -0.2) is 56.8 Å². The van der Waals surface area contributed by atoms with Crippen LogP contribution < -0.4 is 10.2 Å². The minimum atomic E-state index is -1.10. The van der Waals surface area contributed by atoms with Gasteiger partial charge < -0.3 is 20.3 Å². The lowest BCUT2D eigenvalue weighted by atomic mass is 10.2. The SMILES string of the molecule is Cc1[nH]c(C(=O)N[C@H]2[C@@H]3CN(c4nc(CC(=O)c5nccs5)c(C(=O)O)s4)C[C@@H]32)c(Cl)c1Cl. The standard InChI is InChI=1S/C20H17Cl2N5O4S2/c1-7-12(21)13(22)15(24-7)17(29)26-14-8-5-27(6-9(8)14)20-25-10(16(33-20)19(30)31)4-11(28)18-23-2-3-32-18/h2-3,8-9,14,24H,4-6H2,1H3,(H,26,29)(H,30,31)/t8-,9+,14+. The molecular formula is C20H17Cl2N5O4S2. The fourth-order valence-corrected chi connectivity index (χ4v) is 6.13. The van der Waals surface area contributed by atoms with Crippen LogP contribution in [0.2, 0.25) is 10.0 Å². The minimum absolute atomic E-state index is 0.0112. The Balaban J connectivity index is 1.24. The van der Waals surface area contributed by atoms with Crippen LogP contribution in [0.4, 0.5) is 5.13 Å². The maximum absolute atomic E-state index is 12.6. The Kier molecular flexibility index (Phi) is 5.68. The Hall–Kier alpha value is -2.47. The molecule has 1 saturated heterocycles. The first-order valence-electron chi connectivity index (χ1n) is 9.99. The van der Waals surface area contributed by atoms with Crippen LogP contribution in [0, 0.1) is 18.8 Å². The number of ketones is 1. The number of H-pyrrole nitrogens is 1. The number of hydrogen-bond donors (Lipinski definition) is 3. The zero-order valence-electron chi connectivity index (χ0n) is 17.1. The van der Waals surface area contributed by atoms with Gasteiger partial charge in [-0.3, -0.25) is 9.59 Å². The van der Waals surface area contributed by atoms with Crippen LogP contribution in [0.5, 0.6) is 0 Å². The third-order valence-electron chi connectivity index (χ3n) is 5.92. The molecule has 2 fully saturated rings. The van der Waals surface area contributed by atoms with Gasteiger partial charge in [0.05, 0.1) is 22.2 Å². The lowest BCUT2D eigenvalue weighted by Crippen LogP contribution is -2.34. The van der Waals surface area contributed by atoms with Gasteiger partial charge >= 0.3 is 5.97 Å². The van der Waals surface area contributed by atoms with Gasteiger partial charge in [0.2, 0.25) is 0 Å². The number of thiazole rings is 2. The first kappa shape index (κ1) is 22.3. The van der Waals surface area contributed by atoms with Crippen molar-refractivity contribution in [2.75, 3.05) is 18.0 Å². The molecule has 1 aliphatic carbocycles. The van der Waals surface area contributed by atoms with Crippen LogP contribution in [0.1, 0.15) is 41.4 Å². The molecule has 172 valence electrons. The molecule has 3 atom stereocenters. The number of fused-ring (bicyclic) bond motifs is 1. The number of halogens is 2. The summed E-state index contributed by atoms with van der Waals surface area (Å²) in [5, 5.41) is 15.7. The highest BCUT2D eigenvalue weighted by Gasteiger charge is 2.57. The van der Waals surface area contributed by atoms with E-state index >= 15 is 0 Å². The molecule has 0 bridgehead atoms. The predicted molar refractivity (Wildman–Crippen MR) is 125 cm³/mol. The predicted octanol–water partition coefficient (Wildman–Crippen LogP) is 3.53. The Bertz CT molecular complexity index is 1260. The highest BCUT2D eigenvalue weighted by Crippen LogP contribution is 2.48. The van der Waals surface area contributed by atoms with Crippen molar-refractivity contribution < 1.29 is 19.5 Å². The molecule has 3 N–H and O–H groups in total. The summed E-state index contributed by atoms with van der Waals surface area (Å²) in [4.78, 5) is 50.1. The third-order valence-corrected chi connectivity index (χ3v) is 8.83. The van der Waals surface area contributed by atoms with Gasteiger partial charge in [-0.1, -0.05) is 34.5 Å². The van der Waals surface area contributed by atoms with E-state index in [1.165, 1.54) is 17.5 Å². The van der Waals surface area contributed by atoms with Crippen molar-refractivity contribution >= 4 is 68.7 Å². The number of carboxylic acids is 1. The highest BCUT2D eigenvalue weighted by atomic mass is 35.5. The molecule has 13 heteroatoms. The molecule has 0 unspecified atom stereocenters. The van der Waals surface area contributed by atoms with E-state index in [-0.39, 0.29) is 57.3 Å². The molecule has 1 aliphatic heterocycles. The maximum Gasteiger partial charge on any atom is 0.347 e. The second-order valence-electron chi connectivity index (χ2n) is 8.00. The van der Waals surface area contributed by atoms with Crippen molar-refractivity contribution in [3.05, 3.63) is 48.6 Å². The van der Waals surface area contributed by atoms with E-state index in [4.69, 9.17) is 23.2 Å². The number of aromatic amines is 1. The maximum atomic E-state index is 12.6. The van der Waals surface area contributed by atoms with Crippen molar-refractivity contribution in [2.45, 2.75) is 19.4 Å². The zero-order chi connectivity index (χ0) is 23.4. The molecular weight excluding hydrogens is 509 g/mol. The summed E-state index contributed by atoms with van der Waals surface area (Å²) >= 11 is 14.5. The number of aromatic nitrogens is 3. The zero-order valence-corrected chi connectivity index (χ0v) is 20.2. The van der Waals surface area contributed by atoms with Crippen molar-refractivity contribution in [2.24, 2.45) is 11.8 Å². The second-order valence-corrected chi connectivity index (χ2v) is 10.6. The van der Waals surface area contributed by atoms with Gasteiger partial charge in [0, 0.05) is 48.2 Å². The van der Waals surface area contributed by atoms with Crippen molar-refractivity contribution in [1.29, 1.82) is 0 Å². The molecule has 0 aromatic carbocycles. The van der Waals surface area contributed by atoms with E-state index in [2.05, 4.69) is 20.3 Å². The number of carbonyl (C=O) groups is 3. The topological polar surface area (TPSA) is 128 Å². The van der Waals surface area contributed by atoms with E-state index in [1.807, 2.05) is 4.90 Å². The number of nitrogens with one attached hydrogen (secondary N) is 2. The summed E-state index contributed by atoms with van der Waals surface area (Å²) in [6, 6.07) is 0.0112. The number of anilines is 1. The molecule has 5 rings (SSSR count). The molecule has 3 aromatic rings. The quantitative estimate of drug-likeness (QED) is 0.402. The van der Waals surface area contributed by atoms with Gasteiger partial charge in [0.1, 0.15) is 10.6 Å².